The molecule has 1 atom stereocenters. The maximum atomic E-state index is 6.28. The molecule has 94 valence electrons. The van der Waals surface area contributed by atoms with Crippen molar-refractivity contribution in [1.29, 1.82) is 0 Å². The van der Waals surface area contributed by atoms with Crippen LogP contribution in [0.2, 0.25) is 5.02 Å². The van der Waals surface area contributed by atoms with Gasteiger partial charge in [-0.2, -0.15) is 0 Å². The highest BCUT2D eigenvalue weighted by molar-refractivity contribution is 6.32. The van der Waals surface area contributed by atoms with Crippen molar-refractivity contribution in [3.05, 3.63) is 21.8 Å². The molecule has 2 heterocycles. The highest BCUT2D eigenvalue weighted by atomic mass is 35.5. The first-order valence-corrected chi connectivity index (χ1v) is 6.20. The van der Waals surface area contributed by atoms with Crippen LogP contribution < -0.4 is 10.1 Å². The van der Waals surface area contributed by atoms with Crippen LogP contribution in [0, 0.1) is 12.3 Å². The Bertz CT molecular complexity index is 452. The van der Waals surface area contributed by atoms with Crippen molar-refractivity contribution in [3.63, 3.8) is 0 Å². The topological polar surface area (TPSA) is 34.1 Å². The molecule has 1 aliphatic rings. The van der Waals surface area contributed by atoms with Crippen LogP contribution in [0.1, 0.15) is 43.6 Å². The monoisotopic (exact) mass is 254 g/mol. The predicted octanol–water partition coefficient (Wildman–Crippen LogP) is 3.24. The maximum absolute atomic E-state index is 6.28. The fraction of sp³-hybridized carbons (Fsp3) is 0.615. The fourth-order valence-corrected chi connectivity index (χ4v) is 2.64. The molecular formula is C13H19ClN2O. The van der Waals surface area contributed by atoms with E-state index in [1.165, 1.54) is 5.56 Å². The molecule has 0 aromatic carbocycles. The zero-order valence-corrected chi connectivity index (χ0v) is 11.8. The lowest BCUT2D eigenvalue weighted by Crippen LogP contribution is -2.27. The van der Waals surface area contributed by atoms with Gasteiger partial charge in [0.2, 0.25) is 5.88 Å². The number of nitrogens with zero attached hydrogens (tertiary/aromatic N) is 1. The SMILES string of the molecule is COc1nc2c(c(C)c1Cl)C(C(C)(C)C)NC2. The van der Waals surface area contributed by atoms with E-state index in [0.29, 0.717) is 16.9 Å². The van der Waals surface area contributed by atoms with Gasteiger partial charge in [-0.05, 0) is 23.5 Å². The first kappa shape index (κ1) is 12.7. The molecule has 4 heteroatoms. The molecule has 1 aromatic heterocycles. The van der Waals surface area contributed by atoms with E-state index in [1.54, 1.807) is 7.11 Å². The molecule has 0 radical (unpaired) electrons. The summed E-state index contributed by atoms with van der Waals surface area (Å²) >= 11 is 6.28. The fourth-order valence-electron chi connectivity index (χ4n) is 2.42. The number of pyridine rings is 1. The number of nitrogens with one attached hydrogen (secondary N) is 1. The summed E-state index contributed by atoms with van der Waals surface area (Å²) < 4.78 is 5.20. The van der Waals surface area contributed by atoms with Crippen molar-refractivity contribution < 1.29 is 4.74 Å². The lowest BCUT2D eigenvalue weighted by molar-refractivity contribution is 0.287. The van der Waals surface area contributed by atoms with Gasteiger partial charge in [-0.3, -0.25) is 0 Å². The average Bonchev–Trinajstić information content (AvgIpc) is 2.66. The number of halogens is 1. The normalized spacial score (nSPS) is 19.3. The molecule has 2 rings (SSSR count). The lowest BCUT2D eigenvalue weighted by atomic mass is 9.82. The quantitative estimate of drug-likeness (QED) is 0.836. The zero-order valence-electron chi connectivity index (χ0n) is 11.0. The standard InChI is InChI=1S/C13H19ClN2O/c1-7-9-8(16-12(17-5)10(7)14)6-15-11(9)13(2,3)4/h11,15H,6H2,1-5H3. The molecule has 3 nitrogen and oxygen atoms in total. The summed E-state index contributed by atoms with van der Waals surface area (Å²) in [5.74, 6) is 0.527. The van der Waals surface area contributed by atoms with Crippen LogP contribution >= 0.6 is 11.6 Å². The van der Waals surface area contributed by atoms with Crippen LogP contribution in [0.15, 0.2) is 0 Å². The van der Waals surface area contributed by atoms with Gasteiger partial charge >= 0.3 is 0 Å². The average molecular weight is 255 g/mol. The second-order valence-corrected chi connectivity index (χ2v) is 5.98. The number of methoxy groups -OCH3 is 1. The molecule has 0 bridgehead atoms. The van der Waals surface area contributed by atoms with Crippen molar-refractivity contribution in [2.24, 2.45) is 5.41 Å². The summed E-state index contributed by atoms with van der Waals surface area (Å²) in [6.45, 7) is 9.48. The lowest BCUT2D eigenvalue weighted by Gasteiger charge is -2.29. The van der Waals surface area contributed by atoms with Crippen molar-refractivity contribution in [2.45, 2.75) is 40.3 Å². The summed E-state index contributed by atoms with van der Waals surface area (Å²) in [6, 6.07) is 0.299. The van der Waals surface area contributed by atoms with Gasteiger partial charge in [0.1, 0.15) is 5.02 Å². The minimum absolute atomic E-state index is 0.148. The van der Waals surface area contributed by atoms with Crippen LogP contribution in [0.5, 0.6) is 5.88 Å². The van der Waals surface area contributed by atoms with Crippen LogP contribution in [0.3, 0.4) is 0 Å². The third kappa shape index (κ3) is 2.02. The zero-order chi connectivity index (χ0) is 12.8. The largest absolute Gasteiger partial charge is 0.480 e. The molecule has 0 spiro atoms. The Morgan fingerprint density at radius 2 is 2.06 bits per heavy atom. The van der Waals surface area contributed by atoms with Crippen LogP contribution in [0.25, 0.3) is 0 Å². The van der Waals surface area contributed by atoms with E-state index in [4.69, 9.17) is 16.3 Å². The smallest absolute Gasteiger partial charge is 0.232 e. The van der Waals surface area contributed by atoms with Gasteiger partial charge in [0.15, 0.2) is 0 Å². The summed E-state index contributed by atoms with van der Waals surface area (Å²) in [4.78, 5) is 4.48. The molecule has 1 unspecified atom stereocenters. The third-order valence-electron chi connectivity index (χ3n) is 3.29. The van der Waals surface area contributed by atoms with E-state index >= 15 is 0 Å². The molecule has 0 amide bonds. The molecule has 0 saturated heterocycles. The van der Waals surface area contributed by atoms with E-state index in [2.05, 4.69) is 31.1 Å². The molecular weight excluding hydrogens is 236 g/mol. The van der Waals surface area contributed by atoms with Gasteiger partial charge in [0, 0.05) is 12.6 Å². The Balaban J connectivity index is 2.58. The Labute approximate surface area is 108 Å². The Hall–Kier alpha value is -0.800. The van der Waals surface area contributed by atoms with Crippen LogP contribution in [-0.4, -0.2) is 12.1 Å². The van der Waals surface area contributed by atoms with Crippen LogP contribution in [-0.2, 0) is 6.54 Å². The molecule has 0 fully saturated rings. The Morgan fingerprint density at radius 3 is 2.59 bits per heavy atom. The summed E-state index contributed by atoms with van der Waals surface area (Å²) in [7, 11) is 1.60. The third-order valence-corrected chi connectivity index (χ3v) is 3.74. The minimum Gasteiger partial charge on any atom is -0.480 e. The highest BCUT2D eigenvalue weighted by Crippen LogP contribution is 2.43. The Kier molecular flexibility index (Phi) is 3.08. The second-order valence-electron chi connectivity index (χ2n) is 5.60. The van der Waals surface area contributed by atoms with Crippen molar-refractivity contribution >= 4 is 11.6 Å². The molecule has 0 saturated carbocycles. The first-order chi connectivity index (χ1) is 7.86. The number of fused-ring (bicyclic) bond motifs is 1. The number of hydrogen-bond donors (Lipinski definition) is 1. The highest BCUT2D eigenvalue weighted by Gasteiger charge is 2.35. The number of aromatic nitrogens is 1. The van der Waals surface area contributed by atoms with Crippen molar-refractivity contribution in [1.82, 2.24) is 10.3 Å². The van der Waals surface area contributed by atoms with Crippen molar-refractivity contribution in [3.8, 4) is 5.88 Å². The van der Waals surface area contributed by atoms with Crippen LogP contribution in [0.4, 0.5) is 0 Å². The summed E-state index contributed by atoms with van der Waals surface area (Å²) in [5.41, 5.74) is 3.53. The second kappa shape index (κ2) is 4.14. The molecule has 1 N–H and O–H groups in total. The van der Waals surface area contributed by atoms with E-state index in [-0.39, 0.29) is 5.41 Å². The van der Waals surface area contributed by atoms with Gasteiger partial charge in [0.25, 0.3) is 0 Å². The first-order valence-electron chi connectivity index (χ1n) is 5.82. The Morgan fingerprint density at radius 1 is 1.41 bits per heavy atom. The summed E-state index contributed by atoms with van der Waals surface area (Å²) in [5, 5.41) is 4.13. The van der Waals surface area contributed by atoms with Crippen molar-refractivity contribution in [2.75, 3.05) is 7.11 Å². The van der Waals surface area contributed by atoms with Gasteiger partial charge in [-0.25, -0.2) is 4.98 Å². The molecule has 1 aromatic rings. The van der Waals surface area contributed by atoms with E-state index in [1.807, 2.05) is 6.92 Å². The van der Waals surface area contributed by atoms with Gasteiger partial charge < -0.3 is 10.1 Å². The van der Waals surface area contributed by atoms with Gasteiger partial charge in [0.05, 0.1) is 12.8 Å². The summed E-state index contributed by atoms with van der Waals surface area (Å²) in [6.07, 6.45) is 0. The van der Waals surface area contributed by atoms with E-state index in [9.17, 15) is 0 Å². The van der Waals surface area contributed by atoms with E-state index in [0.717, 1.165) is 17.8 Å². The predicted molar refractivity (Wildman–Crippen MR) is 69.6 cm³/mol. The van der Waals surface area contributed by atoms with Gasteiger partial charge in [-0.1, -0.05) is 32.4 Å². The molecule has 0 aliphatic carbocycles. The van der Waals surface area contributed by atoms with Gasteiger partial charge in [-0.15, -0.1) is 0 Å². The number of rotatable bonds is 1. The molecule has 1 aliphatic heterocycles. The molecule has 17 heavy (non-hydrogen) atoms. The number of ether oxygens (including phenoxy) is 1. The maximum Gasteiger partial charge on any atom is 0.232 e. The van der Waals surface area contributed by atoms with E-state index < -0.39 is 0 Å². The minimum atomic E-state index is 0.148. The number of hydrogen-bond acceptors (Lipinski definition) is 3.